The average Bonchev–Trinajstić information content (AvgIpc) is 2.81. The molecule has 1 heterocycles. The number of nitrogens with one attached hydrogen (secondary N) is 1. The van der Waals surface area contributed by atoms with Gasteiger partial charge in [0.25, 0.3) is 0 Å². The Labute approximate surface area is 126 Å². The molecule has 3 atom stereocenters. The van der Waals surface area contributed by atoms with Crippen LogP contribution in [0.4, 0.5) is 10.5 Å². The van der Waals surface area contributed by atoms with Gasteiger partial charge in [-0.25, -0.2) is 4.79 Å². The molecule has 0 bridgehead atoms. The molecule has 1 aliphatic heterocycles. The number of nitrogens with zero attached hydrogens (tertiary/aromatic N) is 2. The molecule has 2 N–H and O–H groups in total. The van der Waals surface area contributed by atoms with Gasteiger partial charge in [-0.1, -0.05) is 19.1 Å². The monoisotopic (exact) mass is 291 g/mol. The molecule has 5 heteroatoms. The summed E-state index contributed by atoms with van der Waals surface area (Å²) in [6.07, 6.45) is -0.491. The Morgan fingerprint density at radius 1 is 1.33 bits per heavy atom. The SMILES string of the molecule is CC(O)c1ccc(NC(=O)N2CC(C)C(N(C)C)C2)cc1. The van der Waals surface area contributed by atoms with Crippen LogP contribution in [0.5, 0.6) is 0 Å². The van der Waals surface area contributed by atoms with Gasteiger partial charge in [0, 0.05) is 24.8 Å². The van der Waals surface area contributed by atoms with E-state index in [2.05, 4.69) is 31.2 Å². The molecule has 0 saturated carbocycles. The van der Waals surface area contributed by atoms with Crippen LogP contribution in [0.25, 0.3) is 0 Å². The Bertz CT molecular complexity index is 485. The number of benzene rings is 1. The summed E-state index contributed by atoms with van der Waals surface area (Å²) in [7, 11) is 4.11. The largest absolute Gasteiger partial charge is 0.389 e. The van der Waals surface area contributed by atoms with Crippen LogP contribution in [-0.2, 0) is 0 Å². The van der Waals surface area contributed by atoms with Crippen LogP contribution in [-0.4, -0.2) is 54.2 Å². The molecule has 1 aromatic rings. The highest BCUT2D eigenvalue weighted by atomic mass is 16.3. The molecule has 0 aliphatic carbocycles. The Morgan fingerprint density at radius 2 is 1.95 bits per heavy atom. The van der Waals surface area contributed by atoms with E-state index in [1.165, 1.54) is 0 Å². The second kappa shape index (κ2) is 6.45. The number of likely N-dealkylation sites (tertiary alicyclic amines) is 1. The van der Waals surface area contributed by atoms with Crippen LogP contribution < -0.4 is 5.32 Å². The van der Waals surface area contributed by atoms with Crippen LogP contribution in [0.1, 0.15) is 25.5 Å². The molecule has 1 saturated heterocycles. The first kappa shape index (κ1) is 15.8. The molecule has 0 spiro atoms. The first-order valence-electron chi connectivity index (χ1n) is 7.39. The van der Waals surface area contributed by atoms with Crippen molar-refractivity contribution in [3.63, 3.8) is 0 Å². The van der Waals surface area contributed by atoms with E-state index in [0.717, 1.165) is 24.3 Å². The van der Waals surface area contributed by atoms with Gasteiger partial charge >= 0.3 is 6.03 Å². The summed E-state index contributed by atoms with van der Waals surface area (Å²) in [6.45, 7) is 5.43. The molecule has 2 rings (SSSR count). The smallest absolute Gasteiger partial charge is 0.321 e. The number of likely N-dealkylation sites (N-methyl/N-ethyl adjacent to an activating group) is 1. The summed E-state index contributed by atoms with van der Waals surface area (Å²) >= 11 is 0. The molecule has 1 aliphatic rings. The van der Waals surface area contributed by atoms with Gasteiger partial charge in [0.2, 0.25) is 0 Å². The van der Waals surface area contributed by atoms with E-state index in [1.54, 1.807) is 6.92 Å². The zero-order chi connectivity index (χ0) is 15.6. The minimum Gasteiger partial charge on any atom is -0.389 e. The highest BCUT2D eigenvalue weighted by molar-refractivity contribution is 5.89. The number of amides is 2. The molecule has 5 nitrogen and oxygen atoms in total. The second-order valence-corrected chi connectivity index (χ2v) is 6.14. The summed E-state index contributed by atoms with van der Waals surface area (Å²) in [5.74, 6) is 0.475. The molecule has 3 unspecified atom stereocenters. The van der Waals surface area contributed by atoms with Crippen molar-refractivity contribution in [2.45, 2.75) is 26.0 Å². The molecule has 1 fully saturated rings. The predicted molar refractivity (Wildman–Crippen MR) is 84.3 cm³/mol. The number of aliphatic hydroxyl groups excluding tert-OH is 1. The molecule has 116 valence electrons. The summed E-state index contributed by atoms with van der Waals surface area (Å²) in [5, 5.41) is 12.4. The quantitative estimate of drug-likeness (QED) is 0.897. The number of aliphatic hydroxyl groups is 1. The number of anilines is 1. The number of carbonyl (C=O) groups excluding carboxylic acids is 1. The van der Waals surface area contributed by atoms with Gasteiger partial charge in [-0.2, -0.15) is 0 Å². The van der Waals surface area contributed by atoms with Crippen molar-refractivity contribution in [3.05, 3.63) is 29.8 Å². The first-order chi connectivity index (χ1) is 9.88. The Morgan fingerprint density at radius 3 is 2.43 bits per heavy atom. The van der Waals surface area contributed by atoms with E-state index < -0.39 is 6.10 Å². The van der Waals surface area contributed by atoms with E-state index in [0.29, 0.717) is 12.0 Å². The van der Waals surface area contributed by atoms with Crippen molar-refractivity contribution < 1.29 is 9.90 Å². The zero-order valence-electron chi connectivity index (χ0n) is 13.2. The van der Waals surface area contributed by atoms with Gasteiger partial charge in [0.15, 0.2) is 0 Å². The van der Waals surface area contributed by atoms with Crippen LogP contribution in [0.2, 0.25) is 0 Å². The summed E-state index contributed by atoms with van der Waals surface area (Å²) in [4.78, 5) is 16.3. The topological polar surface area (TPSA) is 55.8 Å². The van der Waals surface area contributed by atoms with E-state index in [1.807, 2.05) is 29.2 Å². The third-order valence-electron chi connectivity index (χ3n) is 4.17. The van der Waals surface area contributed by atoms with Crippen molar-refractivity contribution >= 4 is 11.7 Å². The minimum atomic E-state index is -0.491. The minimum absolute atomic E-state index is 0.0593. The van der Waals surface area contributed by atoms with Gasteiger partial charge in [0.1, 0.15) is 0 Å². The van der Waals surface area contributed by atoms with E-state index in [9.17, 15) is 9.90 Å². The maximum Gasteiger partial charge on any atom is 0.321 e. The van der Waals surface area contributed by atoms with Crippen molar-refractivity contribution in [3.8, 4) is 0 Å². The lowest BCUT2D eigenvalue weighted by atomic mass is 10.1. The van der Waals surface area contributed by atoms with Gasteiger partial charge in [-0.05, 0) is 44.6 Å². The number of urea groups is 1. The van der Waals surface area contributed by atoms with Crippen molar-refractivity contribution in [1.82, 2.24) is 9.80 Å². The fourth-order valence-electron chi connectivity index (χ4n) is 2.84. The number of rotatable bonds is 3. The third kappa shape index (κ3) is 3.74. The maximum absolute atomic E-state index is 12.3. The second-order valence-electron chi connectivity index (χ2n) is 6.14. The third-order valence-corrected chi connectivity index (χ3v) is 4.17. The van der Waals surface area contributed by atoms with E-state index >= 15 is 0 Å². The van der Waals surface area contributed by atoms with Crippen LogP contribution in [0, 0.1) is 5.92 Å². The fourth-order valence-corrected chi connectivity index (χ4v) is 2.84. The van der Waals surface area contributed by atoms with Crippen LogP contribution >= 0.6 is 0 Å². The highest BCUT2D eigenvalue weighted by Gasteiger charge is 2.33. The van der Waals surface area contributed by atoms with Crippen molar-refractivity contribution in [1.29, 1.82) is 0 Å². The standard InChI is InChI=1S/C16H25N3O2/c1-11-9-19(10-15(11)18(3)4)16(21)17-14-7-5-13(6-8-14)12(2)20/h5-8,11-12,15,20H,9-10H2,1-4H3,(H,17,21). The van der Waals surface area contributed by atoms with Crippen molar-refractivity contribution in [2.75, 3.05) is 32.5 Å². The lowest BCUT2D eigenvalue weighted by molar-refractivity contribution is 0.199. The predicted octanol–water partition coefficient (Wildman–Crippen LogP) is 2.15. The van der Waals surface area contributed by atoms with Gasteiger partial charge in [-0.15, -0.1) is 0 Å². The van der Waals surface area contributed by atoms with Crippen LogP contribution in [0.3, 0.4) is 0 Å². The molecule has 0 aromatic heterocycles. The van der Waals surface area contributed by atoms with Gasteiger partial charge in [0.05, 0.1) is 6.10 Å². The van der Waals surface area contributed by atoms with E-state index in [-0.39, 0.29) is 6.03 Å². The number of carbonyl (C=O) groups is 1. The normalized spacial score (nSPS) is 23.4. The van der Waals surface area contributed by atoms with E-state index in [4.69, 9.17) is 0 Å². The zero-order valence-corrected chi connectivity index (χ0v) is 13.2. The van der Waals surface area contributed by atoms with Gasteiger partial charge in [-0.3, -0.25) is 0 Å². The molecule has 1 aromatic carbocycles. The summed E-state index contributed by atoms with van der Waals surface area (Å²) < 4.78 is 0. The summed E-state index contributed by atoms with van der Waals surface area (Å²) in [6, 6.07) is 7.65. The van der Waals surface area contributed by atoms with Crippen molar-refractivity contribution in [2.24, 2.45) is 5.92 Å². The Balaban J connectivity index is 1.96. The number of hydrogen-bond donors (Lipinski definition) is 2. The molecular weight excluding hydrogens is 266 g/mol. The molecule has 0 radical (unpaired) electrons. The fraction of sp³-hybridized carbons (Fsp3) is 0.562. The Hall–Kier alpha value is -1.59. The summed E-state index contributed by atoms with van der Waals surface area (Å²) in [5.41, 5.74) is 1.60. The molecule has 2 amide bonds. The highest BCUT2D eigenvalue weighted by Crippen LogP contribution is 2.21. The lowest BCUT2D eigenvalue weighted by Gasteiger charge is -2.22. The van der Waals surface area contributed by atoms with Crippen LogP contribution in [0.15, 0.2) is 24.3 Å². The molecule has 21 heavy (non-hydrogen) atoms. The van der Waals surface area contributed by atoms with Gasteiger partial charge < -0.3 is 20.2 Å². The number of hydrogen-bond acceptors (Lipinski definition) is 3. The average molecular weight is 291 g/mol. The first-order valence-corrected chi connectivity index (χ1v) is 7.39. The molecular formula is C16H25N3O2. The Kier molecular flexibility index (Phi) is 4.85. The maximum atomic E-state index is 12.3. The lowest BCUT2D eigenvalue weighted by Crippen LogP contribution is -2.37.